The van der Waals surface area contributed by atoms with E-state index < -0.39 is 0 Å². The Morgan fingerprint density at radius 3 is 2.61 bits per heavy atom. The first-order valence-electron chi connectivity index (χ1n) is 11.1. The molecule has 1 aromatic heterocycles. The molecule has 2 aliphatic heterocycles. The molecule has 3 heterocycles. The molecule has 0 saturated carbocycles. The van der Waals surface area contributed by atoms with E-state index in [0.29, 0.717) is 32.3 Å². The summed E-state index contributed by atoms with van der Waals surface area (Å²) in [6, 6.07) is 23.0. The molecule has 1 saturated heterocycles. The zero-order chi connectivity index (χ0) is 24.6. The highest BCUT2D eigenvalue weighted by Gasteiger charge is 2.33. The number of amides is 1. The lowest BCUT2D eigenvalue weighted by molar-refractivity contribution is -0.122. The van der Waals surface area contributed by atoms with Crippen molar-refractivity contribution in [3.8, 4) is 28.4 Å². The molecule has 0 N–H and O–H groups in total. The van der Waals surface area contributed by atoms with E-state index in [1.54, 1.807) is 4.90 Å². The Labute approximate surface area is 222 Å². The number of aromatic nitrogens is 2. The van der Waals surface area contributed by atoms with Gasteiger partial charge in [-0.05, 0) is 48.0 Å². The van der Waals surface area contributed by atoms with E-state index in [9.17, 15) is 4.79 Å². The summed E-state index contributed by atoms with van der Waals surface area (Å²) in [5.41, 5.74) is 4.29. The molecule has 3 aromatic carbocycles. The molecule has 0 unspecified atom stereocenters. The second kappa shape index (κ2) is 9.46. The van der Waals surface area contributed by atoms with Crippen molar-refractivity contribution in [3.05, 3.63) is 100 Å². The SMILES string of the molecule is O=C1/C(=C/c2cn(-c3ccccc3)nc2-c2ccc(Cl)cc2)SC(=S)N1Cc1ccc2c(c1)OCO2. The fourth-order valence-electron chi connectivity index (χ4n) is 4.04. The number of para-hydroxylation sites is 1. The number of thiocarbonyl (C=S) groups is 1. The zero-order valence-corrected chi connectivity index (χ0v) is 21.1. The maximum Gasteiger partial charge on any atom is 0.266 e. The highest BCUT2D eigenvalue weighted by atomic mass is 35.5. The highest BCUT2D eigenvalue weighted by Crippen LogP contribution is 2.37. The van der Waals surface area contributed by atoms with Gasteiger partial charge in [0.05, 0.1) is 22.8 Å². The van der Waals surface area contributed by atoms with E-state index in [2.05, 4.69) is 0 Å². The molecule has 0 aliphatic carbocycles. The first-order chi connectivity index (χ1) is 17.5. The van der Waals surface area contributed by atoms with Crippen LogP contribution in [0.3, 0.4) is 0 Å². The summed E-state index contributed by atoms with van der Waals surface area (Å²) in [4.78, 5) is 15.5. The fraction of sp³-hybridized carbons (Fsp3) is 0.0741. The van der Waals surface area contributed by atoms with Crippen LogP contribution in [0.5, 0.6) is 11.5 Å². The minimum Gasteiger partial charge on any atom is -0.454 e. The summed E-state index contributed by atoms with van der Waals surface area (Å²) in [6.07, 6.45) is 3.78. The van der Waals surface area contributed by atoms with Crippen LogP contribution in [0.25, 0.3) is 23.0 Å². The molecule has 0 spiro atoms. The Balaban J connectivity index is 1.33. The quantitative estimate of drug-likeness (QED) is 0.222. The van der Waals surface area contributed by atoms with Crippen LogP contribution in [0.15, 0.2) is 83.9 Å². The first-order valence-corrected chi connectivity index (χ1v) is 12.7. The van der Waals surface area contributed by atoms with Gasteiger partial charge in [0.25, 0.3) is 5.91 Å². The third-order valence-corrected chi connectivity index (χ3v) is 7.45. The summed E-state index contributed by atoms with van der Waals surface area (Å²) in [5.74, 6) is 1.24. The number of rotatable bonds is 5. The summed E-state index contributed by atoms with van der Waals surface area (Å²) in [6.45, 7) is 0.557. The average molecular weight is 532 g/mol. The normalized spacial score (nSPS) is 15.8. The third kappa shape index (κ3) is 4.39. The Hall–Kier alpha value is -3.59. The van der Waals surface area contributed by atoms with Gasteiger partial charge in [0.15, 0.2) is 11.5 Å². The van der Waals surface area contributed by atoms with Crippen molar-refractivity contribution >= 4 is 51.9 Å². The largest absolute Gasteiger partial charge is 0.454 e. The molecule has 6 nitrogen and oxygen atoms in total. The molecule has 178 valence electrons. The van der Waals surface area contributed by atoms with Gasteiger partial charge < -0.3 is 9.47 Å². The van der Waals surface area contributed by atoms with Crippen molar-refractivity contribution in [2.24, 2.45) is 0 Å². The van der Waals surface area contributed by atoms with Gasteiger partial charge in [0, 0.05) is 22.3 Å². The predicted octanol–water partition coefficient (Wildman–Crippen LogP) is 6.32. The van der Waals surface area contributed by atoms with Crippen LogP contribution in [-0.2, 0) is 11.3 Å². The lowest BCUT2D eigenvalue weighted by atomic mass is 10.1. The molecule has 36 heavy (non-hydrogen) atoms. The summed E-state index contributed by atoms with van der Waals surface area (Å²) >= 11 is 13.0. The number of nitrogens with zero attached hydrogens (tertiary/aromatic N) is 3. The van der Waals surface area contributed by atoms with E-state index in [1.165, 1.54) is 11.8 Å². The first kappa shape index (κ1) is 22.8. The highest BCUT2D eigenvalue weighted by molar-refractivity contribution is 8.26. The van der Waals surface area contributed by atoms with Crippen LogP contribution in [0.4, 0.5) is 0 Å². The van der Waals surface area contributed by atoms with Crippen molar-refractivity contribution in [1.82, 2.24) is 14.7 Å². The molecule has 0 bridgehead atoms. The minimum absolute atomic E-state index is 0.141. The van der Waals surface area contributed by atoms with Gasteiger partial charge in [-0.25, -0.2) is 4.68 Å². The summed E-state index contributed by atoms with van der Waals surface area (Å²) < 4.78 is 13.2. The fourth-order valence-corrected chi connectivity index (χ4v) is 5.41. The summed E-state index contributed by atoms with van der Waals surface area (Å²) in [5, 5.41) is 5.47. The molecular formula is C27H18ClN3O3S2. The van der Waals surface area contributed by atoms with Crippen LogP contribution in [-0.4, -0.2) is 31.7 Å². The number of hydrogen-bond acceptors (Lipinski definition) is 6. The molecule has 0 radical (unpaired) electrons. The number of ether oxygens (including phenoxy) is 2. The standard InChI is InChI=1S/C27H18ClN3O3S2/c28-20-9-7-18(8-10-20)25-19(15-31(29-25)21-4-2-1-3-5-21)13-24-26(32)30(27(35)36-24)14-17-6-11-22-23(12-17)34-16-33-22/h1-13,15H,14,16H2/b24-13-. The second-order valence-corrected chi connectivity index (χ2v) is 10.3. The number of carbonyl (C=O) groups is 1. The van der Waals surface area contributed by atoms with Crippen molar-refractivity contribution in [1.29, 1.82) is 0 Å². The van der Waals surface area contributed by atoms with Crippen molar-refractivity contribution < 1.29 is 14.3 Å². The Morgan fingerprint density at radius 1 is 1.03 bits per heavy atom. The molecule has 1 amide bonds. The average Bonchev–Trinajstić information content (AvgIpc) is 3.60. The van der Waals surface area contributed by atoms with Crippen LogP contribution >= 0.6 is 35.6 Å². The maximum absolute atomic E-state index is 13.4. The van der Waals surface area contributed by atoms with Crippen molar-refractivity contribution in [2.75, 3.05) is 6.79 Å². The number of fused-ring (bicyclic) bond motifs is 1. The Kier molecular flexibility index (Phi) is 6.00. The van der Waals surface area contributed by atoms with E-state index in [1.807, 2.05) is 89.8 Å². The van der Waals surface area contributed by atoms with E-state index in [0.717, 1.165) is 28.1 Å². The van der Waals surface area contributed by atoms with Crippen molar-refractivity contribution in [2.45, 2.75) is 6.54 Å². The van der Waals surface area contributed by atoms with E-state index in [4.69, 9.17) is 38.4 Å². The molecule has 0 atom stereocenters. The number of carbonyl (C=O) groups excluding carboxylic acids is 1. The predicted molar refractivity (Wildman–Crippen MR) is 145 cm³/mol. The number of thioether (sulfide) groups is 1. The van der Waals surface area contributed by atoms with Gasteiger partial charge in [0.2, 0.25) is 6.79 Å². The van der Waals surface area contributed by atoms with Crippen LogP contribution < -0.4 is 9.47 Å². The van der Waals surface area contributed by atoms with Gasteiger partial charge in [-0.2, -0.15) is 5.10 Å². The minimum atomic E-state index is -0.141. The van der Waals surface area contributed by atoms with E-state index >= 15 is 0 Å². The van der Waals surface area contributed by atoms with Crippen LogP contribution in [0.2, 0.25) is 5.02 Å². The molecular weight excluding hydrogens is 514 g/mol. The molecule has 1 fully saturated rings. The zero-order valence-electron chi connectivity index (χ0n) is 18.8. The van der Waals surface area contributed by atoms with Crippen molar-refractivity contribution in [3.63, 3.8) is 0 Å². The number of halogens is 1. The molecule has 9 heteroatoms. The number of benzene rings is 3. The lowest BCUT2D eigenvalue weighted by Gasteiger charge is -2.14. The number of hydrogen-bond donors (Lipinski definition) is 0. The van der Waals surface area contributed by atoms with Gasteiger partial charge >= 0.3 is 0 Å². The third-order valence-electron chi connectivity index (χ3n) is 5.82. The second-order valence-electron chi connectivity index (χ2n) is 8.18. The monoisotopic (exact) mass is 531 g/mol. The Morgan fingerprint density at radius 2 is 1.81 bits per heavy atom. The summed E-state index contributed by atoms with van der Waals surface area (Å²) in [7, 11) is 0. The smallest absolute Gasteiger partial charge is 0.266 e. The maximum atomic E-state index is 13.4. The lowest BCUT2D eigenvalue weighted by Crippen LogP contribution is -2.27. The Bertz CT molecular complexity index is 1520. The molecule has 6 rings (SSSR count). The molecule has 2 aliphatic rings. The van der Waals surface area contributed by atoms with Gasteiger partial charge in [-0.1, -0.05) is 72.0 Å². The van der Waals surface area contributed by atoms with Crippen LogP contribution in [0.1, 0.15) is 11.1 Å². The van der Waals surface area contributed by atoms with Gasteiger partial charge in [0.1, 0.15) is 4.32 Å². The molecule has 4 aromatic rings. The topological polar surface area (TPSA) is 56.6 Å². The van der Waals surface area contributed by atoms with E-state index in [-0.39, 0.29) is 12.7 Å². The van der Waals surface area contributed by atoms with Gasteiger partial charge in [-0.3, -0.25) is 9.69 Å². The van der Waals surface area contributed by atoms with Crippen LogP contribution in [0, 0.1) is 0 Å². The van der Waals surface area contributed by atoms with Gasteiger partial charge in [-0.15, -0.1) is 0 Å².